The third-order valence-electron chi connectivity index (χ3n) is 3.04. The Bertz CT molecular complexity index is 416. The van der Waals surface area contributed by atoms with Gasteiger partial charge in [0, 0.05) is 18.1 Å². The molecule has 0 bridgehead atoms. The van der Waals surface area contributed by atoms with Crippen molar-refractivity contribution in [1.29, 1.82) is 0 Å². The Morgan fingerprint density at radius 3 is 2.18 bits per heavy atom. The molecule has 0 aliphatic rings. The Labute approximate surface area is 109 Å². The summed E-state index contributed by atoms with van der Waals surface area (Å²) in [6, 6.07) is 12.7. The van der Waals surface area contributed by atoms with Gasteiger partial charge in [-0.25, -0.2) is 0 Å². The zero-order valence-electron chi connectivity index (χ0n) is 10.0. The lowest BCUT2D eigenvalue weighted by Crippen LogP contribution is -2.11. The highest BCUT2D eigenvalue weighted by molar-refractivity contribution is 5.85. The number of nitrogens with zero attached hydrogens (tertiary/aromatic N) is 1. The first-order valence-corrected chi connectivity index (χ1v) is 5.78. The van der Waals surface area contributed by atoms with E-state index < -0.39 is 0 Å². The molecule has 2 nitrogen and oxygen atoms in total. The van der Waals surface area contributed by atoms with Crippen molar-refractivity contribution in [3.8, 4) is 5.69 Å². The van der Waals surface area contributed by atoms with E-state index in [-0.39, 0.29) is 12.4 Å². The standard InChI is InChI=1S/C14H18N2.ClH/c1-2-12(11-15)13-5-7-14(8-6-13)16-9-3-4-10-16;/h3-10,12H,2,11,15H2,1H3;1H. The molecule has 2 N–H and O–H groups in total. The van der Waals surface area contributed by atoms with Crippen molar-refractivity contribution >= 4 is 12.4 Å². The summed E-state index contributed by atoms with van der Waals surface area (Å²) in [6.07, 6.45) is 5.20. The van der Waals surface area contributed by atoms with Gasteiger partial charge in [0.05, 0.1) is 0 Å². The van der Waals surface area contributed by atoms with Crippen molar-refractivity contribution in [1.82, 2.24) is 4.57 Å². The maximum Gasteiger partial charge on any atom is 0.0449 e. The van der Waals surface area contributed by atoms with Gasteiger partial charge in [-0.1, -0.05) is 19.1 Å². The van der Waals surface area contributed by atoms with Crippen LogP contribution in [0.2, 0.25) is 0 Å². The molecule has 1 aromatic heterocycles. The maximum absolute atomic E-state index is 5.74. The molecule has 0 spiro atoms. The molecule has 1 atom stereocenters. The summed E-state index contributed by atoms with van der Waals surface area (Å²) in [6.45, 7) is 2.90. The van der Waals surface area contributed by atoms with E-state index in [9.17, 15) is 0 Å². The summed E-state index contributed by atoms with van der Waals surface area (Å²) in [7, 11) is 0. The van der Waals surface area contributed by atoms with E-state index in [4.69, 9.17) is 5.73 Å². The number of aromatic nitrogens is 1. The molecule has 1 heterocycles. The number of hydrogen-bond donors (Lipinski definition) is 1. The highest BCUT2D eigenvalue weighted by atomic mass is 35.5. The van der Waals surface area contributed by atoms with Gasteiger partial charge in [0.2, 0.25) is 0 Å². The fraction of sp³-hybridized carbons (Fsp3) is 0.286. The molecule has 0 radical (unpaired) electrons. The molecule has 2 aromatic rings. The molecular formula is C14H19ClN2. The van der Waals surface area contributed by atoms with Gasteiger partial charge < -0.3 is 10.3 Å². The second kappa shape index (κ2) is 6.48. The molecule has 0 aliphatic carbocycles. The van der Waals surface area contributed by atoms with Crippen LogP contribution in [-0.4, -0.2) is 11.1 Å². The number of halogens is 1. The Kier molecular flexibility index (Phi) is 5.26. The third-order valence-corrected chi connectivity index (χ3v) is 3.04. The molecule has 0 amide bonds. The van der Waals surface area contributed by atoms with E-state index in [0.717, 1.165) is 13.0 Å². The molecule has 3 heteroatoms. The van der Waals surface area contributed by atoms with E-state index >= 15 is 0 Å². The lowest BCUT2D eigenvalue weighted by Gasteiger charge is -2.13. The molecule has 0 fully saturated rings. The van der Waals surface area contributed by atoms with E-state index in [2.05, 4.69) is 48.1 Å². The molecule has 2 rings (SSSR count). The zero-order chi connectivity index (χ0) is 11.4. The molecule has 1 aromatic carbocycles. The maximum atomic E-state index is 5.74. The average molecular weight is 251 g/mol. The average Bonchev–Trinajstić information content (AvgIpc) is 2.85. The predicted molar refractivity (Wildman–Crippen MR) is 75.1 cm³/mol. The topological polar surface area (TPSA) is 30.9 Å². The predicted octanol–water partition coefficient (Wildman–Crippen LogP) is 3.35. The van der Waals surface area contributed by atoms with Gasteiger partial charge in [0.1, 0.15) is 0 Å². The SMILES string of the molecule is CCC(CN)c1ccc(-n2cccc2)cc1.Cl. The lowest BCUT2D eigenvalue weighted by atomic mass is 9.96. The normalized spacial score (nSPS) is 11.9. The van der Waals surface area contributed by atoms with Crippen molar-refractivity contribution in [2.24, 2.45) is 5.73 Å². The van der Waals surface area contributed by atoms with E-state index in [1.165, 1.54) is 11.3 Å². The lowest BCUT2D eigenvalue weighted by molar-refractivity contribution is 0.674. The van der Waals surface area contributed by atoms with Gasteiger partial charge in [-0.15, -0.1) is 12.4 Å². The quantitative estimate of drug-likeness (QED) is 0.887. The summed E-state index contributed by atoms with van der Waals surface area (Å²) < 4.78 is 2.10. The Hall–Kier alpha value is -1.25. The summed E-state index contributed by atoms with van der Waals surface area (Å²) in [5, 5.41) is 0. The fourth-order valence-corrected chi connectivity index (χ4v) is 1.96. The smallest absolute Gasteiger partial charge is 0.0449 e. The van der Waals surface area contributed by atoms with Gasteiger partial charge in [-0.3, -0.25) is 0 Å². The van der Waals surface area contributed by atoms with Gasteiger partial charge >= 0.3 is 0 Å². The molecule has 0 saturated heterocycles. The minimum absolute atomic E-state index is 0. The minimum atomic E-state index is 0. The van der Waals surface area contributed by atoms with Crippen LogP contribution in [-0.2, 0) is 0 Å². The Balaban J connectivity index is 0.00000144. The molecule has 1 unspecified atom stereocenters. The number of nitrogens with two attached hydrogens (primary N) is 1. The first kappa shape index (κ1) is 13.8. The Morgan fingerprint density at radius 2 is 1.71 bits per heavy atom. The summed E-state index contributed by atoms with van der Waals surface area (Å²) in [5.41, 5.74) is 8.27. The van der Waals surface area contributed by atoms with Crippen LogP contribution in [0.5, 0.6) is 0 Å². The highest BCUT2D eigenvalue weighted by Crippen LogP contribution is 2.19. The van der Waals surface area contributed by atoms with Gasteiger partial charge in [-0.05, 0) is 48.7 Å². The third kappa shape index (κ3) is 3.11. The summed E-state index contributed by atoms with van der Waals surface area (Å²) in [5.74, 6) is 0.485. The van der Waals surface area contributed by atoms with Gasteiger partial charge in [0.25, 0.3) is 0 Å². The summed E-state index contributed by atoms with van der Waals surface area (Å²) >= 11 is 0. The Morgan fingerprint density at radius 1 is 1.12 bits per heavy atom. The molecule has 0 saturated carbocycles. The van der Waals surface area contributed by atoms with Crippen LogP contribution in [0, 0.1) is 0 Å². The van der Waals surface area contributed by atoms with E-state index in [1.54, 1.807) is 0 Å². The van der Waals surface area contributed by atoms with Crippen LogP contribution in [0.4, 0.5) is 0 Å². The van der Waals surface area contributed by atoms with Crippen LogP contribution in [0.25, 0.3) is 5.69 Å². The molecule has 92 valence electrons. The van der Waals surface area contributed by atoms with Crippen molar-refractivity contribution in [2.45, 2.75) is 19.3 Å². The van der Waals surface area contributed by atoms with E-state index in [1.807, 2.05) is 12.1 Å². The van der Waals surface area contributed by atoms with Crippen molar-refractivity contribution < 1.29 is 0 Å². The fourth-order valence-electron chi connectivity index (χ4n) is 1.96. The van der Waals surface area contributed by atoms with Crippen molar-refractivity contribution in [3.63, 3.8) is 0 Å². The number of benzene rings is 1. The minimum Gasteiger partial charge on any atom is -0.330 e. The summed E-state index contributed by atoms with van der Waals surface area (Å²) in [4.78, 5) is 0. The second-order valence-electron chi connectivity index (χ2n) is 4.02. The van der Waals surface area contributed by atoms with Crippen LogP contribution < -0.4 is 5.73 Å². The zero-order valence-corrected chi connectivity index (χ0v) is 10.9. The number of rotatable bonds is 4. The van der Waals surface area contributed by atoms with Gasteiger partial charge in [-0.2, -0.15) is 0 Å². The molecule has 0 aliphatic heterocycles. The van der Waals surface area contributed by atoms with Crippen molar-refractivity contribution in [3.05, 3.63) is 54.4 Å². The monoisotopic (exact) mass is 250 g/mol. The second-order valence-corrected chi connectivity index (χ2v) is 4.02. The highest BCUT2D eigenvalue weighted by Gasteiger charge is 2.06. The van der Waals surface area contributed by atoms with Crippen molar-refractivity contribution in [2.75, 3.05) is 6.54 Å². The number of hydrogen-bond acceptors (Lipinski definition) is 1. The van der Waals surface area contributed by atoms with Crippen LogP contribution in [0.1, 0.15) is 24.8 Å². The first-order valence-electron chi connectivity index (χ1n) is 5.78. The molecular weight excluding hydrogens is 232 g/mol. The van der Waals surface area contributed by atoms with Gasteiger partial charge in [0.15, 0.2) is 0 Å². The van der Waals surface area contributed by atoms with Crippen LogP contribution >= 0.6 is 12.4 Å². The molecule has 17 heavy (non-hydrogen) atoms. The largest absolute Gasteiger partial charge is 0.330 e. The van der Waals surface area contributed by atoms with Crippen LogP contribution in [0.15, 0.2) is 48.8 Å². The van der Waals surface area contributed by atoms with Crippen LogP contribution in [0.3, 0.4) is 0 Å². The van der Waals surface area contributed by atoms with E-state index in [0.29, 0.717) is 5.92 Å². The first-order chi connectivity index (χ1) is 7.85.